The third kappa shape index (κ3) is 7.65. The highest BCUT2D eigenvalue weighted by molar-refractivity contribution is 5.89. The molecule has 1 rings (SSSR count). The molecule has 2 N–H and O–H groups in total. The van der Waals surface area contributed by atoms with Gasteiger partial charge in [0.05, 0.1) is 7.11 Å². The van der Waals surface area contributed by atoms with Gasteiger partial charge in [-0.1, -0.05) is 49.1 Å². The third-order valence-electron chi connectivity index (χ3n) is 3.40. The van der Waals surface area contributed by atoms with Crippen molar-refractivity contribution in [3.63, 3.8) is 0 Å². The highest BCUT2D eigenvalue weighted by Gasteiger charge is 2.25. The lowest BCUT2D eigenvalue weighted by atomic mass is 10.1. The number of benzene rings is 1. The highest BCUT2D eigenvalue weighted by Crippen LogP contribution is 2.05. The van der Waals surface area contributed by atoms with E-state index in [2.05, 4.69) is 17.2 Å². The van der Waals surface area contributed by atoms with Crippen molar-refractivity contribution >= 4 is 18.0 Å². The zero-order chi connectivity index (χ0) is 19.4. The first-order valence-corrected chi connectivity index (χ1v) is 8.11. The quantitative estimate of drug-likeness (QED) is 0.517. The van der Waals surface area contributed by atoms with E-state index in [1.165, 1.54) is 14.0 Å². The standard InChI is InChI=1S/C19H24N2O5/c1-4-5-9-12-26-19(24)20-14(2)17(22)21-16(18(23)25-3)13-15-10-7-6-8-11-15/h4-11,14,16H,1,12-13H2,2-3H3,(H,20,24)(H,21,22). The Morgan fingerprint density at radius 3 is 2.50 bits per heavy atom. The van der Waals surface area contributed by atoms with Crippen molar-refractivity contribution in [3.05, 3.63) is 60.7 Å². The number of alkyl carbamates (subject to hydrolysis) is 1. The van der Waals surface area contributed by atoms with Gasteiger partial charge in [0.25, 0.3) is 0 Å². The van der Waals surface area contributed by atoms with E-state index >= 15 is 0 Å². The Bertz CT molecular complexity index is 643. The Kier molecular flexibility index (Phi) is 9.24. The number of methoxy groups -OCH3 is 1. The van der Waals surface area contributed by atoms with Crippen LogP contribution in [-0.4, -0.2) is 43.8 Å². The van der Waals surface area contributed by atoms with Gasteiger partial charge in [0.1, 0.15) is 18.7 Å². The molecule has 0 aliphatic rings. The van der Waals surface area contributed by atoms with Crippen LogP contribution in [0.3, 0.4) is 0 Å². The van der Waals surface area contributed by atoms with Gasteiger partial charge in [-0.25, -0.2) is 9.59 Å². The van der Waals surface area contributed by atoms with E-state index in [0.717, 1.165) is 5.56 Å². The summed E-state index contributed by atoms with van der Waals surface area (Å²) in [6.45, 7) is 5.05. The highest BCUT2D eigenvalue weighted by atomic mass is 16.5. The molecule has 7 nitrogen and oxygen atoms in total. The molecule has 1 aromatic rings. The minimum absolute atomic E-state index is 0.0605. The molecule has 7 heteroatoms. The summed E-state index contributed by atoms with van der Waals surface area (Å²) >= 11 is 0. The van der Waals surface area contributed by atoms with Crippen LogP contribution in [0.4, 0.5) is 4.79 Å². The summed E-state index contributed by atoms with van der Waals surface area (Å²) in [4.78, 5) is 35.8. The number of amides is 2. The van der Waals surface area contributed by atoms with Gasteiger partial charge in [-0.05, 0) is 18.6 Å². The van der Waals surface area contributed by atoms with E-state index < -0.39 is 30.1 Å². The van der Waals surface area contributed by atoms with Gasteiger partial charge in [-0.2, -0.15) is 0 Å². The molecule has 0 aromatic heterocycles. The molecule has 2 amide bonds. The molecular weight excluding hydrogens is 336 g/mol. The number of ether oxygens (including phenoxy) is 2. The largest absolute Gasteiger partial charge is 0.467 e. The van der Waals surface area contributed by atoms with Crippen LogP contribution in [0.15, 0.2) is 55.1 Å². The van der Waals surface area contributed by atoms with Crippen LogP contribution in [0.25, 0.3) is 0 Å². The Labute approximate surface area is 153 Å². The Morgan fingerprint density at radius 1 is 1.19 bits per heavy atom. The molecule has 2 unspecified atom stereocenters. The summed E-state index contributed by atoms with van der Waals surface area (Å²) in [7, 11) is 1.25. The van der Waals surface area contributed by atoms with Crippen molar-refractivity contribution in [2.45, 2.75) is 25.4 Å². The van der Waals surface area contributed by atoms with E-state index in [4.69, 9.17) is 9.47 Å². The van der Waals surface area contributed by atoms with Gasteiger partial charge in [0.2, 0.25) is 5.91 Å². The first-order valence-electron chi connectivity index (χ1n) is 8.11. The number of nitrogens with one attached hydrogen (secondary N) is 2. The molecule has 0 fully saturated rings. The topological polar surface area (TPSA) is 93.7 Å². The summed E-state index contributed by atoms with van der Waals surface area (Å²) in [5.41, 5.74) is 0.872. The normalized spacial score (nSPS) is 12.7. The van der Waals surface area contributed by atoms with Crippen molar-refractivity contribution in [1.29, 1.82) is 0 Å². The predicted octanol–water partition coefficient (Wildman–Crippen LogP) is 1.74. The van der Waals surface area contributed by atoms with Gasteiger partial charge >= 0.3 is 12.1 Å². The fourth-order valence-corrected chi connectivity index (χ4v) is 2.04. The molecule has 1 aromatic carbocycles. The van der Waals surface area contributed by atoms with Crippen LogP contribution >= 0.6 is 0 Å². The fourth-order valence-electron chi connectivity index (χ4n) is 2.04. The van der Waals surface area contributed by atoms with Crippen LogP contribution in [0.5, 0.6) is 0 Å². The summed E-state index contributed by atoms with van der Waals surface area (Å²) in [5, 5.41) is 4.98. The first kappa shape index (κ1) is 21.0. The Balaban J connectivity index is 2.59. The van der Waals surface area contributed by atoms with Crippen molar-refractivity contribution in [2.24, 2.45) is 0 Å². The van der Waals surface area contributed by atoms with Crippen molar-refractivity contribution < 1.29 is 23.9 Å². The zero-order valence-electron chi connectivity index (χ0n) is 14.9. The van der Waals surface area contributed by atoms with Crippen LogP contribution in [0.1, 0.15) is 12.5 Å². The summed E-state index contributed by atoms with van der Waals surface area (Å²) in [6.07, 6.45) is 4.33. The zero-order valence-corrected chi connectivity index (χ0v) is 14.9. The average Bonchev–Trinajstić information content (AvgIpc) is 2.64. The third-order valence-corrected chi connectivity index (χ3v) is 3.40. The van der Waals surface area contributed by atoms with Crippen molar-refractivity contribution in [1.82, 2.24) is 10.6 Å². The Morgan fingerprint density at radius 2 is 1.88 bits per heavy atom. The number of rotatable bonds is 9. The molecule has 2 atom stereocenters. The van der Waals surface area contributed by atoms with Crippen LogP contribution < -0.4 is 10.6 Å². The first-order chi connectivity index (χ1) is 12.5. The second-order valence-electron chi connectivity index (χ2n) is 5.40. The van der Waals surface area contributed by atoms with Crippen LogP contribution in [-0.2, 0) is 25.5 Å². The summed E-state index contributed by atoms with van der Waals surface area (Å²) in [5.74, 6) is -1.08. The molecule has 0 saturated heterocycles. The second kappa shape index (κ2) is 11.5. The smallest absolute Gasteiger partial charge is 0.408 e. The molecular formula is C19H24N2O5. The molecule has 0 radical (unpaired) electrons. The average molecular weight is 360 g/mol. The number of hydrogen-bond donors (Lipinski definition) is 2. The van der Waals surface area contributed by atoms with Crippen LogP contribution in [0, 0.1) is 0 Å². The molecule has 0 spiro atoms. The maximum absolute atomic E-state index is 12.3. The summed E-state index contributed by atoms with van der Waals surface area (Å²) in [6, 6.07) is 7.49. The Hall–Kier alpha value is -3.09. The fraction of sp³-hybridized carbons (Fsp3) is 0.316. The van der Waals surface area contributed by atoms with E-state index in [-0.39, 0.29) is 13.0 Å². The van der Waals surface area contributed by atoms with E-state index in [0.29, 0.717) is 0 Å². The van der Waals surface area contributed by atoms with Gasteiger partial charge < -0.3 is 20.1 Å². The molecule has 0 saturated carbocycles. The van der Waals surface area contributed by atoms with Crippen molar-refractivity contribution in [2.75, 3.05) is 13.7 Å². The van der Waals surface area contributed by atoms with Gasteiger partial charge in [-0.15, -0.1) is 0 Å². The lowest BCUT2D eigenvalue weighted by molar-refractivity contribution is -0.145. The molecule has 26 heavy (non-hydrogen) atoms. The molecule has 0 bridgehead atoms. The number of hydrogen-bond acceptors (Lipinski definition) is 5. The number of carbonyl (C=O) groups is 3. The minimum atomic E-state index is -0.881. The monoisotopic (exact) mass is 360 g/mol. The lowest BCUT2D eigenvalue weighted by Crippen LogP contribution is -2.51. The second-order valence-corrected chi connectivity index (χ2v) is 5.40. The molecule has 0 heterocycles. The predicted molar refractivity (Wildman–Crippen MR) is 97.4 cm³/mol. The van der Waals surface area contributed by atoms with E-state index in [1.54, 1.807) is 18.2 Å². The van der Waals surface area contributed by atoms with Crippen molar-refractivity contribution in [3.8, 4) is 0 Å². The maximum Gasteiger partial charge on any atom is 0.408 e. The number of esters is 1. The van der Waals surface area contributed by atoms with Gasteiger partial charge in [0.15, 0.2) is 0 Å². The number of allylic oxidation sites excluding steroid dienone is 2. The molecule has 0 aliphatic carbocycles. The van der Waals surface area contributed by atoms with E-state index in [9.17, 15) is 14.4 Å². The van der Waals surface area contributed by atoms with Gasteiger partial charge in [0, 0.05) is 6.42 Å². The SMILES string of the molecule is C=CC=CCOC(=O)NC(C)C(=O)NC(Cc1ccccc1)C(=O)OC. The molecule has 140 valence electrons. The minimum Gasteiger partial charge on any atom is -0.467 e. The van der Waals surface area contributed by atoms with Gasteiger partial charge in [-0.3, -0.25) is 4.79 Å². The van der Waals surface area contributed by atoms with E-state index in [1.807, 2.05) is 30.3 Å². The lowest BCUT2D eigenvalue weighted by Gasteiger charge is -2.20. The summed E-state index contributed by atoms with van der Waals surface area (Å²) < 4.78 is 9.62. The maximum atomic E-state index is 12.3. The molecule has 0 aliphatic heterocycles. The number of carbonyl (C=O) groups excluding carboxylic acids is 3. The van der Waals surface area contributed by atoms with Crippen LogP contribution in [0.2, 0.25) is 0 Å².